The molecule has 1 amide bonds. The lowest BCUT2D eigenvalue weighted by molar-refractivity contribution is -0.123. The molecule has 4 heteroatoms. The molecule has 1 aliphatic carbocycles. The molecule has 2 N–H and O–H groups in total. The van der Waals surface area contributed by atoms with E-state index in [2.05, 4.69) is 10.2 Å². The monoisotopic (exact) mass is 268 g/mol. The molecule has 2 aliphatic rings. The minimum atomic E-state index is -0.247. The fraction of sp³-hybridized carbons (Fsp3) is 0.933. The van der Waals surface area contributed by atoms with Crippen molar-refractivity contribution in [1.82, 2.24) is 10.2 Å². The molecule has 0 radical (unpaired) electrons. The molecule has 0 aromatic carbocycles. The first-order valence-corrected chi connectivity index (χ1v) is 7.94. The molecule has 1 atom stereocenters. The molecular formula is C15H28N2O2. The van der Waals surface area contributed by atoms with Crippen LogP contribution >= 0.6 is 0 Å². The Morgan fingerprint density at radius 1 is 1.05 bits per heavy atom. The fourth-order valence-corrected chi connectivity index (χ4v) is 3.25. The van der Waals surface area contributed by atoms with Gasteiger partial charge in [0.05, 0.1) is 12.6 Å². The maximum Gasteiger partial charge on any atom is 0.234 e. The Hall–Kier alpha value is -0.610. The van der Waals surface area contributed by atoms with Crippen LogP contribution in [0.1, 0.15) is 57.8 Å². The number of likely N-dealkylation sites (tertiary alicyclic amines) is 1. The summed E-state index contributed by atoms with van der Waals surface area (Å²) in [6, 6.07) is 0.377. The normalized spacial score (nSPS) is 27.5. The minimum Gasteiger partial charge on any atom is -0.392 e. The molecule has 0 aromatic heterocycles. The summed E-state index contributed by atoms with van der Waals surface area (Å²) in [5.41, 5.74) is 0. The van der Waals surface area contributed by atoms with Crippen LogP contribution in [-0.4, -0.2) is 47.7 Å². The second kappa shape index (κ2) is 7.85. The third-order valence-corrected chi connectivity index (χ3v) is 4.32. The van der Waals surface area contributed by atoms with Crippen molar-refractivity contribution in [2.45, 2.75) is 69.9 Å². The zero-order valence-electron chi connectivity index (χ0n) is 11.9. The number of aliphatic hydroxyl groups excluding tert-OH is 1. The molecule has 110 valence electrons. The van der Waals surface area contributed by atoms with Gasteiger partial charge in [0.25, 0.3) is 0 Å². The predicted octanol–water partition coefficient (Wildman–Crippen LogP) is 1.67. The minimum absolute atomic E-state index is 0.139. The molecule has 0 bridgehead atoms. The van der Waals surface area contributed by atoms with Crippen molar-refractivity contribution in [3.05, 3.63) is 0 Å². The van der Waals surface area contributed by atoms with E-state index in [9.17, 15) is 9.90 Å². The molecule has 19 heavy (non-hydrogen) atoms. The Balaban J connectivity index is 1.70. The molecule has 1 aliphatic heterocycles. The lowest BCUT2D eigenvalue weighted by atomic mass is 9.97. The fourth-order valence-electron chi connectivity index (χ4n) is 3.25. The molecule has 1 heterocycles. The molecule has 0 aromatic rings. The van der Waals surface area contributed by atoms with E-state index in [4.69, 9.17) is 0 Å². The van der Waals surface area contributed by atoms with Crippen LogP contribution in [0, 0.1) is 0 Å². The molecule has 1 saturated carbocycles. The number of piperidine rings is 1. The van der Waals surface area contributed by atoms with Crippen molar-refractivity contribution in [2.75, 3.05) is 19.6 Å². The van der Waals surface area contributed by atoms with E-state index in [1.807, 2.05) is 0 Å². The van der Waals surface area contributed by atoms with Crippen LogP contribution in [0.5, 0.6) is 0 Å². The van der Waals surface area contributed by atoms with E-state index in [1.54, 1.807) is 0 Å². The number of nitrogens with zero attached hydrogens (tertiary/aromatic N) is 1. The lowest BCUT2D eigenvalue weighted by Gasteiger charge is -2.30. The summed E-state index contributed by atoms with van der Waals surface area (Å²) in [5.74, 6) is 0.139. The van der Waals surface area contributed by atoms with Gasteiger partial charge in [0.15, 0.2) is 0 Å². The molecular weight excluding hydrogens is 240 g/mol. The summed E-state index contributed by atoms with van der Waals surface area (Å²) >= 11 is 0. The smallest absolute Gasteiger partial charge is 0.234 e. The van der Waals surface area contributed by atoms with Crippen LogP contribution in [0.15, 0.2) is 0 Å². The van der Waals surface area contributed by atoms with Crippen LogP contribution in [0.2, 0.25) is 0 Å². The van der Waals surface area contributed by atoms with Crippen molar-refractivity contribution in [3.63, 3.8) is 0 Å². The van der Waals surface area contributed by atoms with E-state index in [1.165, 1.54) is 32.1 Å². The average molecular weight is 268 g/mol. The first-order chi connectivity index (χ1) is 9.24. The highest BCUT2D eigenvalue weighted by atomic mass is 16.3. The first kappa shape index (κ1) is 14.8. The number of β-amino-alcohol motifs (C(OH)–C–C–N with tert-alkyl or cyclic N) is 1. The van der Waals surface area contributed by atoms with Gasteiger partial charge in [-0.2, -0.15) is 0 Å². The second-order valence-corrected chi connectivity index (χ2v) is 6.14. The van der Waals surface area contributed by atoms with Gasteiger partial charge in [-0.25, -0.2) is 0 Å². The number of carbonyl (C=O) groups excluding carboxylic acids is 1. The summed E-state index contributed by atoms with van der Waals surface area (Å²) in [6.45, 7) is 2.04. The number of carbonyl (C=O) groups is 1. The quantitative estimate of drug-likeness (QED) is 0.818. The third-order valence-electron chi connectivity index (χ3n) is 4.32. The Morgan fingerprint density at radius 2 is 1.74 bits per heavy atom. The zero-order valence-corrected chi connectivity index (χ0v) is 11.9. The van der Waals surface area contributed by atoms with E-state index >= 15 is 0 Å². The Labute approximate surface area is 116 Å². The summed E-state index contributed by atoms with van der Waals surface area (Å²) in [7, 11) is 0. The van der Waals surface area contributed by atoms with Crippen LogP contribution < -0.4 is 5.32 Å². The van der Waals surface area contributed by atoms with E-state index in [0.717, 1.165) is 32.2 Å². The third kappa shape index (κ3) is 5.49. The van der Waals surface area contributed by atoms with Gasteiger partial charge < -0.3 is 10.4 Å². The zero-order chi connectivity index (χ0) is 13.5. The number of hydrogen-bond donors (Lipinski definition) is 2. The van der Waals surface area contributed by atoms with E-state index < -0.39 is 0 Å². The van der Waals surface area contributed by atoms with E-state index in [-0.39, 0.29) is 12.0 Å². The van der Waals surface area contributed by atoms with Gasteiger partial charge in [0.1, 0.15) is 0 Å². The Morgan fingerprint density at radius 3 is 2.42 bits per heavy atom. The van der Waals surface area contributed by atoms with Crippen molar-refractivity contribution in [1.29, 1.82) is 0 Å². The average Bonchev–Trinajstić information content (AvgIpc) is 2.32. The maximum absolute atomic E-state index is 12.0. The van der Waals surface area contributed by atoms with Gasteiger partial charge in [0, 0.05) is 12.6 Å². The van der Waals surface area contributed by atoms with Crippen LogP contribution in [0.3, 0.4) is 0 Å². The topological polar surface area (TPSA) is 52.6 Å². The van der Waals surface area contributed by atoms with Crippen molar-refractivity contribution in [2.24, 2.45) is 0 Å². The lowest BCUT2D eigenvalue weighted by Crippen LogP contribution is -2.46. The van der Waals surface area contributed by atoms with Crippen molar-refractivity contribution in [3.8, 4) is 0 Å². The molecule has 1 unspecified atom stereocenters. The summed E-state index contributed by atoms with van der Waals surface area (Å²) in [4.78, 5) is 14.1. The van der Waals surface area contributed by atoms with Gasteiger partial charge >= 0.3 is 0 Å². The van der Waals surface area contributed by atoms with Gasteiger partial charge in [-0.05, 0) is 32.2 Å². The highest BCUT2D eigenvalue weighted by Gasteiger charge is 2.21. The van der Waals surface area contributed by atoms with Crippen LogP contribution in [0.4, 0.5) is 0 Å². The molecule has 0 spiro atoms. The number of hydrogen-bond acceptors (Lipinski definition) is 3. The van der Waals surface area contributed by atoms with Gasteiger partial charge in [0.2, 0.25) is 5.91 Å². The van der Waals surface area contributed by atoms with E-state index in [0.29, 0.717) is 19.1 Å². The second-order valence-electron chi connectivity index (χ2n) is 6.14. The summed E-state index contributed by atoms with van der Waals surface area (Å²) in [6.07, 6.45) is 10.4. The van der Waals surface area contributed by atoms with Gasteiger partial charge in [-0.1, -0.05) is 32.1 Å². The maximum atomic E-state index is 12.0. The number of nitrogens with one attached hydrogen (secondary N) is 1. The number of amides is 1. The standard InChI is InChI=1S/C15H28N2O2/c18-14-9-6-10-17(11-14)12-15(19)16-13-7-4-2-1-3-5-8-13/h13-14,18H,1-12H2,(H,16,19). The summed E-state index contributed by atoms with van der Waals surface area (Å²) in [5, 5.41) is 12.8. The van der Waals surface area contributed by atoms with Crippen molar-refractivity contribution >= 4 is 5.91 Å². The largest absolute Gasteiger partial charge is 0.392 e. The van der Waals surface area contributed by atoms with Gasteiger partial charge in [-0.3, -0.25) is 9.69 Å². The first-order valence-electron chi connectivity index (χ1n) is 7.94. The van der Waals surface area contributed by atoms with Crippen molar-refractivity contribution < 1.29 is 9.90 Å². The molecule has 1 saturated heterocycles. The molecule has 2 rings (SSSR count). The summed E-state index contributed by atoms with van der Waals surface area (Å²) < 4.78 is 0. The Bertz CT molecular complexity index is 275. The molecule has 4 nitrogen and oxygen atoms in total. The molecule has 2 fully saturated rings. The van der Waals surface area contributed by atoms with Crippen LogP contribution in [-0.2, 0) is 4.79 Å². The van der Waals surface area contributed by atoms with Gasteiger partial charge in [-0.15, -0.1) is 0 Å². The Kier molecular flexibility index (Phi) is 6.11. The highest BCUT2D eigenvalue weighted by Crippen LogP contribution is 2.17. The SMILES string of the molecule is O=C(CN1CCCC(O)C1)NC1CCCCCCC1. The number of aliphatic hydroxyl groups is 1. The number of rotatable bonds is 3. The predicted molar refractivity (Wildman–Crippen MR) is 75.9 cm³/mol. The highest BCUT2D eigenvalue weighted by molar-refractivity contribution is 5.78. The van der Waals surface area contributed by atoms with Crippen LogP contribution in [0.25, 0.3) is 0 Å².